The summed E-state index contributed by atoms with van der Waals surface area (Å²) in [6, 6.07) is 15.1. The highest BCUT2D eigenvalue weighted by molar-refractivity contribution is 5.95. The monoisotopic (exact) mass is 404 g/mol. The second kappa shape index (κ2) is 10.9. The van der Waals surface area contributed by atoms with Gasteiger partial charge in [0.15, 0.2) is 5.96 Å². The van der Waals surface area contributed by atoms with Crippen LogP contribution in [0, 0.1) is 18.3 Å². The second-order valence-corrected chi connectivity index (χ2v) is 7.18. The van der Waals surface area contributed by atoms with Crippen molar-refractivity contribution in [3.63, 3.8) is 0 Å². The van der Waals surface area contributed by atoms with E-state index in [2.05, 4.69) is 26.9 Å². The predicted molar refractivity (Wildman–Crippen MR) is 120 cm³/mol. The van der Waals surface area contributed by atoms with E-state index in [9.17, 15) is 4.79 Å². The summed E-state index contributed by atoms with van der Waals surface area (Å²) in [5.74, 6) is 4.52. The molecular formula is C24H28N4O2. The van der Waals surface area contributed by atoms with E-state index in [0.29, 0.717) is 30.7 Å². The molecule has 6 heteroatoms. The third-order valence-corrected chi connectivity index (χ3v) is 4.63. The number of nitrogens with one attached hydrogen (secondary N) is 3. The number of para-hydroxylation sites is 1. The Balaban J connectivity index is 1.55. The van der Waals surface area contributed by atoms with E-state index in [1.54, 1.807) is 12.1 Å². The van der Waals surface area contributed by atoms with Crippen molar-refractivity contribution in [1.82, 2.24) is 10.6 Å². The normalized spacial score (nSPS) is 13.3. The highest BCUT2D eigenvalue weighted by atomic mass is 16.5. The molecule has 0 aliphatic heterocycles. The SMILES string of the molecule is C#Cc1cccc(NC(=O)CNC(=NCc2ccccc2OCC2CC2)NCC)c1. The number of rotatable bonds is 9. The van der Waals surface area contributed by atoms with Gasteiger partial charge in [-0.15, -0.1) is 6.42 Å². The minimum Gasteiger partial charge on any atom is -0.493 e. The molecule has 1 aliphatic carbocycles. The zero-order valence-corrected chi connectivity index (χ0v) is 17.3. The van der Waals surface area contributed by atoms with Crippen LogP contribution in [0.25, 0.3) is 0 Å². The molecule has 0 radical (unpaired) electrons. The lowest BCUT2D eigenvalue weighted by Gasteiger charge is -2.13. The first-order chi connectivity index (χ1) is 14.7. The van der Waals surface area contributed by atoms with Crippen molar-refractivity contribution in [2.75, 3.05) is 25.0 Å². The number of aliphatic imine (C=N–C) groups is 1. The smallest absolute Gasteiger partial charge is 0.243 e. The van der Waals surface area contributed by atoms with Crippen LogP contribution in [0.3, 0.4) is 0 Å². The Morgan fingerprint density at radius 3 is 2.80 bits per heavy atom. The van der Waals surface area contributed by atoms with Crippen LogP contribution in [0.4, 0.5) is 5.69 Å². The largest absolute Gasteiger partial charge is 0.493 e. The van der Waals surface area contributed by atoms with Crippen molar-refractivity contribution in [3.8, 4) is 18.1 Å². The lowest BCUT2D eigenvalue weighted by Crippen LogP contribution is -2.41. The molecule has 0 bridgehead atoms. The minimum atomic E-state index is -0.178. The van der Waals surface area contributed by atoms with Gasteiger partial charge in [-0.1, -0.05) is 30.2 Å². The number of hydrogen-bond acceptors (Lipinski definition) is 3. The van der Waals surface area contributed by atoms with Crippen LogP contribution in [0.15, 0.2) is 53.5 Å². The molecule has 0 heterocycles. The molecule has 0 atom stereocenters. The molecule has 0 aromatic heterocycles. The van der Waals surface area contributed by atoms with Crippen molar-refractivity contribution in [2.24, 2.45) is 10.9 Å². The molecule has 2 aromatic carbocycles. The highest BCUT2D eigenvalue weighted by Crippen LogP contribution is 2.30. The van der Waals surface area contributed by atoms with Crippen molar-refractivity contribution >= 4 is 17.6 Å². The Morgan fingerprint density at radius 2 is 2.03 bits per heavy atom. The van der Waals surface area contributed by atoms with Gasteiger partial charge in [-0.25, -0.2) is 4.99 Å². The molecule has 0 spiro atoms. The third kappa shape index (κ3) is 6.85. The fourth-order valence-electron chi connectivity index (χ4n) is 2.83. The lowest BCUT2D eigenvalue weighted by atomic mass is 10.2. The van der Waals surface area contributed by atoms with Gasteiger partial charge in [-0.3, -0.25) is 4.79 Å². The number of guanidine groups is 1. The Labute approximate surface area is 178 Å². The molecule has 1 aliphatic rings. The fraction of sp³-hybridized carbons (Fsp3) is 0.333. The van der Waals surface area contributed by atoms with E-state index < -0.39 is 0 Å². The molecule has 156 valence electrons. The van der Waals surface area contributed by atoms with Crippen molar-refractivity contribution in [2.45, 2.75) is 26.3 Å². The first kappa shape index (κ1) is 21.3. The average molecular weight is 405 g/mol. The maximum absolute atomic E-state index is 12.3. The molecular weight excluding hydrogens is 376 g/mol. The van der Waals surface area contributed by atoms with Gasteiger partial charge in [-0.05, 0) is 49.9 Å². The molecule has 0 unspecified atom stereocenters. The fourth-order valence-corrected chi connectivity index (χ4v) is 2.83. The Bertz CT molecular complexity index is 929. The summed E-state index contributed by atoms with van der Waals surface area (Å²) in [5, 5.41) is 9.06. The van der Waals surface area contributed by atoms with Crippen LogP contribution >= 0.6 is 0 Å². The molecule has 30 heavy (non-hydrogen) atoms. The van der Waals surface area contributed by atoms with Crippen molar-refractivity contribution in [3.05, 3.63) is 59.7 Å². The molecule has 1 fully saturated rings. The van der Waals surface area contributed by atoms with Gasteiger partial charge in [0.2, 0.25) is 5.91 Å². The molecule has 0 saturated heterocycles. The van der Waals surface area contributed by atoms with Gasteiger partial charge >= 0.3 is 0 Å². The van der Waals surface area contributed by atoms with E-state index in [4.69, 9.17) is 11.2 Å². The van der Waals surface area contributed by atoms with E-state index in [1.165, 1.54) is 12.8 Å². The van der Waals surface area contributed by atoms with Gasteiger partial charge in [0.05, 0.1) is 19.7 Å². The van der Waals surface area contributed by atoms with Crippen LogP contribution in [-0.2, 0) is 11.3 Å². The number of ether oxygens (including phenoxy) is 1. The summed E-state index contributed by atoms with van der Waals surface area (Å²) in [7, 11) is 0. The van der Waals surface area contributed by atoms with Gasteiger partial charge in [0.1, 0.15) is 5.75 Å². The van der Waals surface area contributed by atoms with Crippen LogP contribution in [0.1, 0.15) is 30.9 Å². The maximum atomic E-state index is 12.3. The van der Waals surface area contributed by atoms with Gasteiger partial charge in [-0.2, -0.15) is 0 Å². The molecule has 1 saturated carbocycles. The number of nitrogens with zero attached hydrogens (tertiary/aromatic N) is 1. The topological polar surface area (TPSA) is 74.8 Å². The third-order valence-electron chi connectivity index (χ3n) is 4.63. The van der Waals surface area contributed by atoms with E-state index in [-0.39, 0.29) is 12.5 Å². The zero-order valence-electron chi connectivity index (χ0n) is 17.3. The standard InChI is InChI=1S/C24H28N4O2/c1-3-18-8-7-10-21(14-18)28-23(29)16-27-24(25-4-2)26-15-20-9-5-6-11-22(20)30-17-19-12-13-19/h1,5-11,14,19H,4,12-13,15-17H2,2H3,(H,28,29)(H2,25,26,27). The molecule has 1 amide bonds. The predicted octanol–water partition coefficient (Wildman–Crippen LogP) is 3.15. The average Bonchev–Trinajstić information content (AvgIpc) is 3.59. The number of carbonyl (C=O) groups is 1. The van der Waals surface area contributed by atoms with Gasteiger partial charge in [0, 0.05) is 23.4 Å². The maximum Gasteiger partial charge on any atom is 0.243 e. The Morgan fingerprint density at radius 1 is 1.20 bits per heavy atom. The zero-order chi connectivity index (χ0) is 21.2. The molecule has 3 rings (SSSR count). The molecule has 6 nitrogen and oxygen atoms in total. The number of carbonyl (C=O) groups excluding carboxylic acids is 1. The quantitative estimate of drug-likeness (QED) is 0.341. The summed E-state index contributed by atoms with van der Waals surface area (Å²) in [6.07, 6.45) is 7.91. The summed E-state index contributed by atoms with van der Waals surface area (Å²) in [6.45, 7) is 3.99. The number of amides is 1. The van der Waals surface area contributed by atoms with E-state index >= 15 is 0 Å². The second-order valence-electron chi connectivity index (χ2n) is 7.18. The lowest BCUT2D eigenvalue weighted by molar-refractivity contribution is -0.115. The first-order valence-electron chi connectivity index (χ1n) is 10.3. The number of anilines is 1. The van der Waals surface area contributed by atoms with Gasteiger partial charge < -0.3 is 20.7 Å². The van der Waals surface area contributed by atoms with Crippen molar-refractivity contribution in [1.29, 1.82) is 0 Å². The summed E-state index contributed by atoms with van der Waals surface area (Å²) in [4.78, 5) is 16.9. The van der Waals surface area contributed by atoms with Crippen LogP contribution < -0.4 is 20.7 Å². The number of hydrogen-bond donors (Lipinski definition) is 3. The van der Waals surface area contributed by atoms with Crippen LogP contribution in [0.5, 0.6) is 5.75 Å². The molecule has 3 N–H and O–H groups in total. The molecule has 2 aromatic rings. The highest BCUT2D eigenvalue weighted by Gasteiger charge is 2.22. The van der Waals surface area contributed by atoms with E-state index in [0.717, 1.165) is 23.5 Å². The summed E-state index contributed by atoms with van der Waals surface area (Å²) >= 11 is 0. The summed E-state index contributed by atoms with van der Waals surface area (Å²) < 4.78 is 5.95. The Kier molecular flexibility index (Phi) is 7.73. The van der Waals surface area contributed by atoms with Crippen molar-refractivity contribution < 1.29 is 9.53 Å². The number of benzene rings is 2. The summed E-state index contributed by atoms with van der Waals surface area (Å²) in [5.41, 5.74) is 2.41. The number of terminal acetylenes is 1. The minimum absolute atomic E-state index is 0.0892. The first-order valence-corrected chi connectivity index (χ1v) is 10.3. The van der Waals surface area contributed by atoms with E-state index in [1.807, 2.05) is 43.3 Å². The van der Waals surface area contributed by atoms with Crippen LogP contribution in [-0.4, -0.2) is 31.6 Å². The van der Waals surface area contributed by atoms with Gasteiger partial charge in [0.25, 0.3) is 0 Å². The van der Waals surface area contributed by atoms with Crippen LogP contribution in [0.2, 0.25) is 0 Å². The Hall–Kier alpha value is -3.46.